The maximum absolute atomic E-state index is 12.0. The summed E-state index contributed by atoms with van der Waals surface area (Å²) in [4.78, 5) is 26.6. The lowest BCUT2D eigenvalue weighted by atomic mass is 10.1. The Balaban J connectivity index is 2.14. The largest absolute Gasteiger partial charge is 0.481 e. The number of rotatable bonds is 4. The Kier molecular flexibility index (Phi) is 3.84. The van der Waals surface area contributed by atoms with Crippen molar-refractivity contribution >= 4 is 17.9 Å². The Morgan fingerprint density at radius 2 is 2.10 bits per heavy atom. The van der Waals surface area contributed by atoms with Crippen molar-refractivity contribution in [2.24, 2.45) is 0 Å². The fourth-order valence-corrected chi connectivity index (χ4v) is 1.74. The van der Waals surface area contributed by atoms with Gasteiger partial charge >= 0.3 is 12.0 Å². The van der Waals surface area contributed by atoms with Crippen LogP contribution in [0.3, 0.4) is 0 Å². The third kappa shape index (κ3) is 3.23. The average Bonchev–Trinajstić information content (AvgIpc) is 2.68. The highest BCUT2D eigenvalue weighted by atomic mass is 16.4. The molecule has 0 saturated carbocycles. The molecule has 0 aliphatic heterocycles. The van der Waals surface area contributed by atoms with E-state index < -0.39 is 5.97 Å². The van der Waals surface area contributed by atoms with Crippen molar-refractivity contribution in [1.82, 2.24) is 4.98 Å². The van der Waals surface area contributed by atoms with Gasteiger partial charge in [-0.1, -0.05) is 17.7 Å². The van der Waals surface area contributed by atoms with Crippen LogP contribution >= 0.6 is 0 Å². The Hall–Kier alpha value is -2.63. The highest BCUT2D eigenvalue weighted by molar-refractivity contribution is 6.03. The number of oxazole rings is 1. The smallest absolute Gasteiger partial charge is 0.311 e. The monoisotopic (exact) mass is 274 g/mol. The quantitative estimate of drug-likeness (QED) is 0.891. The number of carbonyl (C=O) groups excluding carboxylic acids is 1. The number of carboxylic acids is 1. The molecule has 2 N–H and O–H groups in total. The van der Waals surface area contributed by atoms with Crippen LogP contribution in [0.25, 0.3) is 0 Å². The number of hydrogen-bond donors (Lipinski definition) is 2. The van der Waals surface area contributed by atoms with Gasteiger partial charge in [-0.25, -0.2) is 0 Å². The fraction of sp³-hybridized carbons (Fsp3) is 0.214. The normalized spacial score (nSPS) is 10.3. The summed E-state index contributed by atoms with van der Waals surface area (Å²) in [5.74, 6) is -1.13. The predicted molar refractivity (Wildman–Crippen MR) is 71.7 cm³/mol. The van der Waals surface area contributed by atoms with E-state index >= 15 is 0 Å². The van der Waals surface area contributed by atoms with Gasteiger partial charge in [-0.15, -0.1) is 0 Å². The highest BCUT2D eigenvalue weighted by Gasteiger charge is 2.15. The minimum atomic E-state index is -1.01. The van der Waals surface area contributed by atoms with Crippen LogP contribution in [0.2, 0.25) is 0 Å². The Labute approximate surface area is 115 Å². The van der Waals surface area contributed by atoms with Crippen molar-refractivity contribution in [1.29, 1.82) is 0 Å². The molecule has 0 atom stereocenters. The van der Waals surface area contributed by atoms with Crippen molar-refractivity contribution in [2.75, 3.05) is 5.32 Å². The molecule has 0 radical (unpaired) electrons. The summed E-state index contributed by atoms with van der Waals surface area (Å²) in [5.41, 5.74) is 1.90. The van der Waals surface area contributed by atoms with E-state index in [1.807, 2.05) is 13.0 Å². The number of nitrogens with zero attached hydrogens (tertiary/aromatic N) is 1. The van der Waals surface area contributed by atoms with E-state index in [1.54, 1.807) is 25.1 Å². The summed E-state index contributed by atoms with van der Waals surface area (Å²) >= 11 is 0. The SMILES string of the molecule is Cc1cccc(C(=O)Nc2nc(C)c(CC(=O)O)o2)c1. The Morgan fingerprint density at radius 1 is 1.35 bits per heavy atom. The molecule has 0 bridgehead atoms. The summed E-state index contributed by atoms with van der Waals surface area (Å²) in [6.07, 6.45) is -0.265. The molecule has 0 aliphatic carbocycles. The lowest BCUT2D eigenvalue weighted by Gasteiger charge is -2.01. The number of aromatic nitrogens is 1. The van der Waals surface area contributed by atoms with Gasteiger partial charge < -0.3 is 9.52 Å². The third-order valence-corrected chi connectivity index (χ3v) is 2.71. The van der Waals surface area contributed by atoms with Crippen LogP contribution in [-0.2, 0) is 11.2 Å². The van der Waals surface area contributed by atoms with Crippen LogP contribution in [0.1, 0.15) is 27.4 Å². The van der Waals surface area contributed by atoms with Crippen molar-refractivity contribution in [3.63, 3.8) is 0 Å². The van der Waals surface area contributed by atoms with Gasteiger partial charge in [0, 0.05) is 5.56 Å². The van der Waals surface area contributed by atoms with E-state index in [-0.39, 0.29) is 24.1 Å². The van der Waals surface area contributed by atoms with Crippen LogP contribution in [-0.4, -0.2) is 22.0 Å². The molecular weight excluding hydrogens is 260 g/mol. The van der Waals surface area contributed by atoms with Crippen LogP contribution in [0.15, 0.2) is 28.7 Å². The molecule has 0 unspecified atom stereocenters. The second-order valence-corrected chi connectivity index (χ2v) is 4.42. The topological polar surface area (TPSA) is 92.4 Å². The van der Waals surface area contributed by atoms with Crippen molar-refractivity contribution in [2.45, 2.75) is 20.3 Å². The molecular formula is C14H14N2O4. The van der Waals surface area contributed by atoms with Gasteiger partial charge in [0.05, 0.1) is 5.69 Å². The van der Waals surface area contributed by atoms with Crippen molar-refractivity contribution in [3.8, 4) is 0 Å². The summed E-state index contributed by atoms with van der Waals surface area (Å²) in [7, 11) is 0. The van der Waals surface area contributed by atoms with E-state index in [1.165, 1.54) is 0 Å². The second kappa shape index (κ2) is 5.56. The number of hydrogen-bond acceptors (Lipinski definition) is 4. The molecule has 1 amide bonds. The van der Waals surface area contributed by atoms with Gasteiger partial charge in [0.25, 0.3) is 5.91 Å². The number of anilines is 1. The molecule has 1 heterocycles. The van der Waals surface area contributed by atoms with E-state index in [0.717, 1.165) is 5.56 Å². The van der Waals surface area contributed by atoms with Gasteiger partial charge in [0.2, 0.25) is 0 Å². The molecule has 0 fully saturated rings. The number of carbonyl (C=O) groups is 2. The van der Waals surface area contributed by atoms with E-state index in [2.05, 4.69) is 10.3 Å². The van der Waals surface area contributed by atoms with E-state index in [9.17, 15) is 9.59 Å². The van der Waals surface area contributed by atoms with Crippen molar-refractivity contribution < 1.29 is 19.1 Å². The molecule has 0 spiro atoms. The molecule has 1 aromatic carbocycles. The number of carboxylic acid groups (broad SMARTS) is 1. The first-order valence-corrected chi connectivity index (χ1v) is 6.02. The van der Waals surface area contributed by atoms with Gasteiger partial charge in [0.15, 0.2) is 0 Å². The minimum absolute atomic E-state index is 0.00487. The zero-order valence-electron chi connectivity index (χ0n) is 11.1. The molecule has 0 saturated heterocycles. The number of aliphatic carboxylic acids is 1. The molecule has 1 aromatic heterocycles. The average molecular weight is 274 g/mol. The number of benzene rings is 1. The Morgan fingerprint density at radius 3 is 2.75 bits per heavy atom. The molecule has 20 heavy (non-hydrogen) atoms. The molecule has 6 heteroatoms. The van der Waals surface area contributed by atoms with Gasteiger partial charge in [-0.3, -0.25) is 14.9 Å². The van der Waals surface area contributed by atoms with Crippen LogP contribution in [0.5, 0.6) is 0 Å². The molecule has 2 aromatic rings. The van der Waals surface area contributed by atoms with Gasteiger partial charge in [-0.2, -0.15) is 4.98 Å². The van der Waals surface area contributed by atoms with E-state index in [4.69, 9.17) is 9.52 Å². The lowest BCUT2D eigenvalue weighted by molar-refractivity contribution is -0.136. The van der Waals surface area contributed by atoms with E-state index in [0.29, 0.717) is 11.3 Å². The fourth-order valence-electron chi connectivity index (χ4n) is 1.74. The summed E-state index contributed by atoms with van der Waals surface area (Å²) in [6.45, 7) is 3.52. The lowest BCUT2D eigenvalue weighted by Crippen LogP contribution is -2.12. The number of nitrogens with one attached hydrogen (secondary N) is 1. The third-order valence-electron chi connectivity index (χ3n) is 2.71. The van der Waals surface area contributed by atoms with Crippen molar-refractivity contribution in [3.05, 3.63) is 46.8 Å². The first kappa shape index (κ1) is 13.8. The molecule has 0 aliphatic rings. The predicted octanol–water partition coefficient (Wildman–Crippen LogP) is 2.17. The zero-order chi connectivity index (χ0) is 14.7. The summed E-state index contributed by atoms with van der Waals surface area (Å²) in [6, 6.07) is 7.09. The maximum atomic E-state index is 12.0. The van der Waals surface area contributed by atoms with Crippen LogP contribution in [0.4, 0.5) is 6.01 Å². The minimum Gasteiger partial charge on any atom is -0.481 e. The second-order valence-electron chi connectivity index (χ2n) is 4.42. The molecule has 2 rings (SSSR count). The first-order valence-electron chi connectivity index (χ1n) is 6.02. The summed E-state index contributed by atoms with van der Waals surface area (Å²) < 4.78 is 5.22. The van der Waals surface area contributed by atoms with Crippen LogP contribution < -0.4 is 5.32 Å². The Bertz CT molecular complexity index is 661. The molecule has 104 valence electrons. The number of aryl methyl sites for hydroxylation is 2. The standard InChI is InChI=1S/C14H14N2O4/c1-8-4-3-5-10(6-8)13(19)16-14-15-9(2)11(20-14)7-12(17)18/h3-6H,7H2,1-2H3,(H,17,18)(H,15,16,19). The maximum Gasteiger partial charge on any atom is 0.311 e. The first-order chi connectivity index (χ1) is 9.45. The highest BCUT2D eigenvalue weighted by Crippen LogP contribution is 2.16. The van der Waals surface area contributed by atoms with Crippen LogP contribution in [0, 0.1) is 13.8 Å². The summed E-state index contributed by atoms with van der Waals surface area (Å²) in [5, 5.41) is 11.2. The molecule has 6 nitrogen and oxygen atoms in total. The van der Waals surface area contributed by atoms with Gasteiger partial charge in [0.1, 0.15) is 12.2 Å². The van der Waals surface area contributed by atoms with Gasteiger partial charge in [-0.05, 0) is 26.0 Å². The zero-order valence-corrected chi connectivity index (χ0v) is 11.1. The number of amides is 1.